The van der Waals surface area contributed by atoms with Crippen LogP contribution in [0.5, 0.6) is 5.75 Å². The fraction of sp³-hybridized carbons (Fsp3) is 0.462. The van der Waals surface area contributed by atoms with Crippen molar-refractivity contribution in [2.24, 2.45) is 0 Å². The normalized spacial score (nSPS) is 17.1. The molecule has 0 aromatic heterocycles. The van der Waals surface area contributed by atoms with Gasteiger partial charge in [0.2, 0.25) is 0 Å². The molecule has 6 heteroatoms. The van der Waals surface area contributed by atoms with Gasteiger partial charge in [0, 0.05) is 37.0 Å². The van der Waals surface area contributed by atoms with Crippen molar-refractivity contribution in [2.75, 3.05) is 19.7 Å². The molecule has 1 unspecified atom stereocenters. The summed E-state index contributed by atoms with van der Waals surface area (Å²) in [5, 5.41) is 14.1. The summed E-state index contributed by atoms with van der Waals surface area (Å²) in [5.41, 5.74) is 0.594. The van der Waals surface area contributed by atoms with E-state index in [9.17, 15) is 9.59 Å². The highest BCUT2D eigenvalue weighted by molar-refractivity contribution is 5.94. The molecule has 1 aliphatic rings. The molecule has 6 nitrogen and oxygen atoms in total. The Hall–Kier alpha value is -2.86. The van der Waals surface area contributed by atoms with Crippen molar-refractivity contribution in [3.05, 3.63) is 54.1 Å². The zero-order chi connectivity index (χ0) is 22.9. The van der Waals surface area contributed by atoms with Crippen molar-refractivity contribution >= 4 is 22.6 Å². The highest BCUT2D eigenvalue weighted by Crippen LogP contribution is 2.25. The van der Waals surface area contributed by atoms with E-state index in [0.29, 0.717) is 24.5 Å². The summed E-state index contributed by atoms with van der Waals surface area (Å²) in [7, 11) is 0. The van der Waals surface area contributed by atoms with Gasteiger partial charge in [-0.1, -0.05) is 42.5 Å². The molecule has 2 aromatic carbocycles. The zero-order valence-corrected chi connectivity index (χ0v) is 19.0. The monoisotopic (exact) mass is 438 g/mol. The summed E-state index contributed by atoms with van der Waals surface area (Å²) in [6.07, 6.45) is 4.96. The van der Waals surface area contributed by atoms with E-state index >= 15 is 0 Å². The van der Waals surface area contributed by atoms with Gasteiger partial charge >= 0.3 is 5.97 Å². The van der Waals surface area contributed by atoms with Crippen LogP contribution in [0.2, 0.25) is 0 Å². The molecule has 0 bridgehead atoms. The van der Waals surface area contributed by atoms with Gasteiger partial charge in [-0.15, -0.1) is 0 Å². The van der Waals surface area contributed by atoms with Gasteiger partial charge in [-0.2, -0.15) is 0 Å². The van der Waals surface area contributed by atoms with Crippen molar-refractivity contribution in [1.82, 2.24) is 10.2 Å². The number of ether oxygens (including phenoxy) is 1. The van der Waals surface area contributed by atoms with E-state index in [1.807, 2.05) is 48.5 Å². The van der Waals surface area contributed by atoms with Gasteiger partial charge in [-0.3, -0.25) is 14.5 Å². The number of allylic oxidation sites excluding steroid dienone is 1. The molecule has 1 fully saturated rings. The average molecular weight is 439 g/mol. The summed E-state index contributed by atoms with van der Waals surface area (Å²) in [5.74, 6) is -0.138. The van der Waals surface area contributed by atoms with Gasteiger partial charge < -0.3 is 15.2 Å². The van der Waals surface area contributed by atoms with Crippen molar-refractivity contribution in [3.63, 3.8) is 0 Å². The Balaban J connectivity index is 1.65. The number of unbranched alkanes of at least 4 members (excludes halogenated alkanes) is 2. The standard InChI is InChI=1S/C26H34N2O4/c1-19(2)28-16-15-22(17-28)27-26(31)21(10-4-3-5-14-25(29)30)18-32-24-13-8-11-20-9-6-7-12-23(20)24/h6-13,19,22H,3-5,14-18H2,1-2H3,(H,27,31)(H,29,30)/b21-10+. The number of fused-ring (bicyclic) bond motifs is 1. The van der Waals surface area contributed by atoms with Crippen LogP contribution in [0.15, 0.2) is 54.1 Å². The number of carboxylic acids is 1. The minimum absolute atomic E-state index is 0.0981. The first kappa shape index (κ1) is 23.8. The Bertz CT molecular complexity index is 948. The number of carbonyl (C=O) groups is 2. The van der Waals surface area contributed by atoms with E-state index < -0.39 is 5.97 Å². The third kappa shape index (κ3) is 6.82. The summed E-state index contributed by atoms with van der Waals surface area (Å²) >= 11 is 0. The number of nitrogens with one attached hydrogen (secondary N) is 1. The predicted molar refractivity (Wildman–Crippen MR) is 127 cm³/mol. The number of nitrogens with zero attached hydrogens (tertiary/aromatic N) is 1. The first-order chi connectivity index (χ1) is 15.4. The minimum atomic E-state index is -0.790. The van der Waals surface area contributed by atoms with Gasteiger partial charge in [-0.25, -0.2) is 0 Å². The zero-order valence-electron chi connectivity index (χ0n) is 19.0. The largest absolute Gasteiger partial charge is 0.488 e. The minimum Gasteiger partial charge on any atom is -0.488 e. The number of amides is 1. The molecule has 172 valence electrons. The fourth-order valence-electron chi connectivity index (χ4n) is 4.04. The molecule has 1 heterocycles. The predicted octanol–water partition coefficient (Wildman–Crippen LogP) is 4.39. The van der Waals surface area contributed by atoms with E-state index in [1.54, 1.807) is 0 Å². The maximum Gasteiger partial charge on any atom is 0.303 e. The number of likely N-dealkylation sites (tertiary alicyclic amines) is 1. The molecular weight excluding hydrogens is 404 g/mol. The van der Waals surface area contributed by atoms with Gasteiger partial charge in [0.05, 0.1) is 5.57 Å². The van der Waals surface area contributed by atoms with E-state index in [4.69, 9.17) is 9.84 Å². The number of carboxylic acid groups (broad SMARTS) is 1. The first-order valence-electron chi connectivity index (χ1n) is 11.5. The second-order valence-electron chi connectivity index (χ2n) is 8.68. The van der Waals surface area contributed by atoms with Crippen LogP contribution in [0, 0.1) is 0 Å². The number of hydrogen-bond acceptors (Lipinski definition) is 4. The Morgan fingerprint density at radius 2 is 1.97 bits per heavy atom. The van der Waals surface area contributed by atoms with Crippen molar-refractivity contribution in [1.29, 1.82) is 0 Å². The van der Waals surface area contributed by atoms with E-state index in [0.717, 1.165) is 42.5 Å². The molecule has 0 aliphatic carbocycles. The summed E-state index contributed by atoms with van der Waals surface area (Å²) < 4.78 is 6.09. The molecule has 1 aliphatic heterocycles. The number of carbonyl (C=O) groups excluding carboxylic acids is 1. The SMILES string of the molecule is CC(C)N1CCC(NC(=O)/C(=C/CCCCC(=O)O)COc2cccc3ccccc23)C1. The lowest BCUT2D eigenvalue weighted by molar-refractivity contribution is -0.137. The summed E-state index contributed by atoms with van der Waals surface area (Å²) in [6.45, 7) is 6.37. The molecule has 2 N–H and O–H groups in total. The fourth-order valence-corrected chi connectivity index (χ4v) is 4.04. The number of aliphatic carboxylic acids is 1. The quantitative estimate of drug-likeness (QED) is 0.402. The van der Waals surface area contributed by atoms with Gasteiger partial charge in [0.15, 0.2) is 0 Å². The van der Waals surface area contributed by atoms with Crippen LogP contribution < -0.4 is 10.1 Å². The molecule has 0 spiro atoms. The Morgan fingerprint density at radius 3 is 2.72 bits per heavy atom. The topological polar surface area (TPSA) is 78.9 Å². The summed E-state index contributed by atoms with van der Waals surface area (Å²) in [4.78, 5) is 26.2. The second-order valence-corrected chi connectivity index (χ2v) is 8.68. The van der Waals surface area contributed by atoms with E-state index in [1.165, 1.54) is 0 Å². The maximum atomic E-state index is 13.1. The Kier molecular flexibility index (Phi) is 8.68. The summed E-state index contributed by atoms with van der Waals surface area (Å²) in [6, 6.07) is 14.5. The second kappa shape index (κ2) is 11.7. The number of hydrogen-bond donors (Lipinski definition) is 2. The van der Waals surface area contributed by atoms with Crippen LogP contribution >= 0.6 is 0 Å². The average Bonchev–Trinajstić information content (AvgIpc) is 3.24. The first-order valence-corrected chi connectivity index (χ1v) is 11.5. The van der Waals surface area contributed by atoms with Crippen LogP contribution in [0.4, 0.5) is 0 Å². The van der Waals surface area contributed by atoms with Gasteiger partial charge in [-0.05, 0) is 51.0 Å². The van der Waals surface area contributed by atoms with E-state index in [-0.39, 0.29) is 25.0 Å². The van der Waals surface area contributed by atoms with Crippen LogP contribution in [-0.2, 0) is 9.59 Å². The molecule has 1 amide bonds. The smallest absolute Gasteiger partial charge is 0.303 e. The van der Waals surface area contributed by atoms with Crippen molar-refractivity contribution < 1.29 is 19.4 Å². The van der Waals surface area contributed by atoms with Crippen LogP contribution in [0.3, 0.4) is 0 Å². The van der Waals surface area contributed by atoms with E-state index in [2.05, 4.69) is 24.1 Å². The van der Waals surface area contributed by atoms with Gasteiger partial charge in [0.25, 0.3) is 5.91 Å². The lowest BCUT2D eigenvalue weighted by Crippen LogP contribution is -2.39. The molecule has 0 radical (unpaired) electrons. The highest BCUT2D eigenvalue weighted by Gasteiger charge is 2.26. The van der Waals surface area contributed by atoms with Crippen molar-refractivity contribution in [2.45, 2.75) is 58.0 Å². The maximum absolute atomic E-state index is 13.1. The number of benzene rings is 2. The third-order valence-electron chi connectivity index (χ3n) is 5.95. The Labute approximate surface area is 190 Å². The van der Waals surface area contributed by atoms with Crippen molar-refractivity contribution in [3.8, 4) is 5.75 Å². The molecule has 32 heavy (non-hydrogen) atoms. The molecule has 1 saturated heterocycles. The molecular formula is C26H34N2O4. The van der Waals surface area contributed by atoms with Crippen LogP contribution in [0.25, 0.3) is 10.8 Å². The highest BCUT2D eigenvalue weighted by atomic mass is 16.5. The molecule has 0 saturated carbocycles. The lowest BCUT2D eigenvalue weighted by Gasteiger charge is -2.21. The van der Waals surface area contributed by atoms with Gasteiger partial charge in [0.1, 0.15) is 12.4 Å². The molecule has 2 aromatic rings. The third-order valence-corrected chi connectivity index (χ3v) is 5.95. The Morgan fingerprint density at radius 1 is 1.19 bits per heavy atom. The molecule has 3 rings (SSSR count). The molecule has 1 atom stereocenters. The lowest BCUT2D eigenvalue weighted by atomic mass is 10.1. The van der Waals surface area contributed by atoms with Crippen LogP contribution in [-0.4, -0.2) is 53.7 Å². The number of rotatable bonds is 11. The van der Waals surface area contributed by atoms with Crippen LogP contribution in [0.1, 0.15) is 46.0 Å².